The molecule has 4 rings (SSSR count). The van der Waals surface area contributed by atoms with Crippen molar-refractivity contribution < 1.29 is 9.53 Å². The Morgan fingerprint density at radius 2 is 1.75 bits per heavy atom. The Kier molecular flexibility index (Phi) is 4.96. The fraction of sp³-hybridized carbons (Fsp3) is 0.190. The molecule has 1 atom stereocenters. The topological polar surface area (TPSA) is 55.3 Å². The van der Waals surface area contributed by atoms with Gasteiger partial charge in [-0.2, -0.15) is 0 Å². The molecule has 142 valence electrons. The van der Waals surface area contributed by atoms with Crippen molar-refractivity contribution in [2.24, 2.45) is 0 Å². The number of carbonyl (C=O) groups is 1. The van der Waals surface area contributed by atoms with E-state index in [-0.39, 0.29) is 5.95 Å². The van der Waals surface area contributed by atoms with Gasteiger partial charge in [-0.1, -0.05) is 59.6 Å². The Balaban J connectivity index is 1.62. The Labute approximate surface area is 172 Å². The molecular weight excluding hydrogens is 397 g/mol. The molecule has 1 saturated heterocycles. The Morgan fingerprint density at radius 1 is 1.04 bits per heavy atom. The number of aromatic nitrogens is 2. The molecule has 1 amide bonds. The lowest BCUT2D eigenvalue weighted by Crippen LogP contribution is -2.47. The van der Waals surface area contributed by atoms with Gasteiger partial charge in [0.05, 0.1) is 15.7 Å². The van der Waals surface area contributed by atoms with E-state index >= 15 is 0 Å². The van der Waals surface area contributed by atoms with Crippen LogP contribution in [0.5, 0.6) is 0 Å². The lowest BCUT2D eigenvalue weighted by Gasteiger charge is -2.38. The maximum atomic E-state index is 12.7. The molecule has 0 bridgehead atoms. The normalized spacial score (nSPS) is 19.4. The molecule has 3 aromatic rings. The quantitative estimate of drug-likeness (QED) is 0.551. The van der Waals surface area contributed by atoms with Gasteiger partial charge in [0.2, 0.25) is 5.95 Å². The van der Waals surface area contributed by atoms with Crippen LogP contribution >= 0.6 is 23.2 Å². The predicted molar refractivity (Wildman–Crippen MR) is 110 cm³/mol. The van der Waals surface area contributed by atoms with Crippen LogP contribution in [0.4, 0.5) is 10.7 Å². The number of anilines is 1. The summed E-state index contributed by atoms with van der Waals surface area (Å²) in [6, 6.07) is 16.7. The van der Waals surface area contributed by atoms with Crippen LogP contribution in [0.2, 0.25) is 10.0 Å². The minimum atomic E-state index is -0.682. The van der Waals surface area contributed by atoms with Gasteiger partial charge in [-0.15, -0.1) is 0 Å². The van der Waals surface area contributed by atoms with Crippen molar-refractivity contribution in [1.82, 2.24) is 9.97 Å². The monoisotopic (exact) mass is 413 g/mol. The zero-order valence-electron chi connectivity index (χ0n) is 15.1. The van der Waals surface area contributed by atoms with Crippen molar-refractivity contribution in [3.05, 3.63) is 76.4 Å². The van der Waals surface area contributed by atoms with E-state index in [2.05, 4.69) is 9.97 Å². The summed E-state index contributed by atoms with van der Waals surface area (Å²) in [6.07, 6.45) is 1.71. The van der Waals surface area contributed by atoms with Crippen molar-refractivity contribution in [1.29, 1.82) is 0 Å². The van der Waals surface area contributed by atoms with E-state index in [1.165, 1.54) is 4.90 Å². The summed E-state index contributed by atoms with van der Waals surface area (Å²) in [7, 11) is 0. The first-order chi connectivity index (χ1) is 13.5. The van der Waals surface area contributed by atoms with Gasteiger partial charge < -0.3 is 4.74 Å². The Hall–Kier alpha value is -2.63. The number of carbonyl (C=O) groups excluding carboxylic acids is 1. The molecule has 1 aliphatic heterocycles. The third-order valence-electron chi connectivity index (χ3n) is 4.83. The van der Waals surface area contributed by atoms with E-state index in [1.807, 2.05) is 37.3 Å². The average molecular weight is 414 g/mol. The van der Waals surface area contributed by atoms with Gasteiger partial charge in [0.25, 0.3) is 0 Å². The zero-order valence-corrected chi connectivity index (χ0v) is 16.6. The number of ether oxygens (including phenoxy) is 1. The molecule has 5 nitrogen and oxygen atoms in total. The van der Waals surface area contributed by atoms with Crippen LogP contribution in [-0.2, 0) is 10.3 Å². The summed E-state index contributed by atoms with van der Waals surface area (Å²) >= 11 is 12.6. The van der Waals surface area contributed by atoms with Gasteiger partial charge in [-0.3, -0.25) is 0 Å². The molecule has 28 heavy (non-hydrogen) atoms. The van der Waals surface area contributed by atoms with Gasteiger partial charge in [0, 0.05) is 24.7 Å². The Bertz CT molecular complexity index is 1010. The van der Waals surface area contributed by atoms with Gasteiger partial charge in [0.1, 0.15) is 5.60 Å². The minimum Gasteiger partial charge on any atom is -0.438 e. The average Bonchev–Trinajstić information content (AvgIpc) is 2.69. The maximum absolute atomic E-state index is 12.7. The van der Waals surface area contributed by atoms with Crippen molar-refractivity contribution in [2.75, 3.05) is 11.4 Å². The van der Waals surface area contributed by atoms with Crippen LogP contribution in [0.1, 0.15) is 18.9 Å². The van der Waals surface area contributed by atoms with Crippen molar-refractivity contribution in [3.8, 4) is 11.3 Å². The molecule has 0 saturated carbocycles. The van der Waals surface area contributed by atoms with Crippen LogP contribution in [-0.4, -0.2) is 22.6 Å². The molecule has 1 unspecified atom stereocenters. The van der Waals surface area contributed by atoms with Crippen molar-refractivity contribution in [2.45, 2.75) is 18.9 Å². The summed E-state index contributed by atoms with van der Waals surface area (Å²) in [4.78, 5) is 22.9. The fourth-order valence-corrected chi connectivity index (χ4v) is 3.84. The van der Waals surface area contributed by atoms with E-state index in [4.69, 9.17) is 27.9 Å². The SMILES string of the molecule is CC1(c2ccccc2)CCN(c2nccc(-c3c(Cl)cccc3Cl)n2)C(=O)O1. The predicted octanol–water partition coefficient (Wildman–Crippen LogP) is 5.71. The fourth-order valence-electron chi connectivity index (χ4n) is 3.25. The van der Waals surface area contributed by atoms with Crippen LogP contribution in [0, 0.1) is 0 Å². The van der Waals surface area contributed by atoms with Gasteiger partial charge in [0.15, 0.2) is 0 Å². The summed E-state index contributed by atoms with van der Waals surface area (Å²) in [6.45, 7) is 2.35. The first-order valence-corrected chi connectivity index (χ1v) is 9.57. The van der Waals surface area contributed by atoms with Crippen LogP contribution in [0.25, 0.3) is 11.3 Å². The molecular formula is C21H17Cl2N3O2. The first kappa shape index (κ1) is 18.7. The zero-order chi connectivity index (χ0) is 19.7. The highest BCUT2D eigenvalue weighted by Gasteiger charge is 2.39. The lowest BCUT2D eigenvalue weighted by atomic mass is 9.91. The number of benzene rings is 2. The molecule has 1 fully saturated rings. The number of amides is 1. The summed E-state index contributed by atoms with van der Waals surface area (Å²) in [5.74, 6) is 0.258. The second kappa shape index (κ2) is 7.41. The Morgan fingerprint density at radius 3 is 2.43 bits per heavy atom. The van der Waals surface area contributed by atoms with E-state index in [0.717, 1.165) is 5.56 Å². The molecule has 7 heteroatoms. The van der Waals surface area contributed by atoms with Crippen molar-refractivity contribution in [3.63, 3.8) is 0 Å². The number of nitrogens with zero attached hydrogens (tertiary/aromatic N) is 3. The van der Waals surface area contributed by atoms with Gasteiger partial charge in [-0.25, -0.2) is 19.7 Å². The van der Waals surface area contributed by atoms with Gasteiger partial charge in [-0.05, 0) is 30.7 Å². The smallest absolute Gasteiger partial charge is 0.417 e. The molecule has 1 aliphatic rings. The number of halogens is 2. The van der Waals surface area contributed by atoms with Crippen LogP contribution < -0.4 is 4.90 Å². The third kappa shape index (κ3) is 3.43. The highest BCUT2D eigenvalue weighted by molar-refractivity contribution is 6.39. The second-order valence-corrected chi connectivity index (χ2v) is 7.52. The minimum absolute atomic E-state index is 0.258. The summed E-state index contributed by atoms with van der Waals surface area (Å²) in [5, 5.41) is 0.963. The molecule has 0 radical (unpaired) electrons. The highest BCUT2D eigenvalue weighted by Crippen LogP contribution is 2.36. The standard InChI is InChI=1S/C21H17Cl2N3O2/c1-21(14-6-3-2-4-7-14)11-13-26(20(27)28-21)19-24-12-10-17(25-19)18-15(22)8-5-9-16(18)23/h2-10,12H,11,13H2,1H3. The van der Waals surface area contributed by atoms with E-state index in [0.29, 0.717) is 34.3 Å². The third-order valence-corrected chi connectivity index (χ3v) is 5.46. The van der Waals surface area contributed by atoms with E-state index in [9.17, 15) is 4.79 Å². The maximum Gasteiger partial charge on any atom is 0.417 e. The summed E-state index contributed by atoms with van der Waals surface area (Å²) in [5.41, 5.74) is 1.43. The molecule has 2 aromatic carbocycles. The number of cyclic esters (lactones) is 1. The number of hydrogen-bond donors (Lipinski definition) is 0. The van der Waals surface area contributed by atoms with Crippen LogP contribution in [0.3, 0.4) is 0 Å². The van der Waals surface area contributed by atoms with Gasteiger partial charge >= 0.3 is 6.09 Å². The number of rotatable bonds is 3. The lowest BCUT2D eigenvalue weighted by molar-refractivity contribution is 0.00546. The number of hydrogen-bond acceptors (Lipinski definition) is 4. The van der Waals surface area contributed by atoms with E-state index < -0.39 is 11.7 Å². The second-order valence-electron chi connectivity index (χ2n) is 6.71. The van der Waals surface area contributed by atoms with Crippen molar-refractivity contribution >= 4 is 35.2 Å². The molecule has 0 aliphatic carbocycles. The molecule has 0 N–H and O–H groups in total. The highest BCUT2D eigenvalue weighted by atomic mass is 35.5. The first-order valence-electron chi connectivity index (χ1n) is 8.81. The van der Waals surface area contributed by atoms with E-state index in [1.54, 1.807) is 30.5 Å². The molecule has 2 heterocycles. The largest absolute Gasteiger partial charge is 0.438 e. The summed E-state index contributed by atoms with van der Waals surface area (Å²) < 4.78 is 5.77. The van der Waals surface area contributed by atoms with Crippen LogP contribution in [0.15, 0.2) is 60.8 Å². The molecule has 1 aromatic heterocycles. The molecule has 0 spiro atoms.